The number of hydrogen-bond donors (Lipinski definition) is 0. The summed E-state index contributed by atoms with van der Waals surface area (Å²) >= 11 is 2.08. The zero-order valence-corrected chi connectivity index (χ0v) is 16.9. The van der Waals surface area contributed by atoms with Crippen LogP contribution in [0.4, 0.5) is 0 Å². The van der Waals surface area contributed by atoms with Gasteiger partial charge >= 0.3 is 0 Å². The molecule has 3 aromatic heterocycles. The van der Waals surface area contributed by atoms with Gasteiger partial charge in [-0.1, -0.05) is 17.7 Å². The van der Waals surface area contributed by atoms with Crippen LogP contribution >= 0.6 is 22.6 Å². The van der Waals surface area contributed by atoms with E-state index in [-0.39, 0.29) is 4.90 Å². The first-order valence-corrected chi connectivity index (χ1v) is 10.2. The normalized spacial score (nSPS) is 12.0. The minimum atomic E-state index is -3.74. The number of aromatic nitrogens is 5. The van der Waals surface area contributed by atoms with Gasteiger partial charge in [0.25, 0.3) is 10.0 Å². The monoisotopic (exact) mass is 479 g/mol. The fourth-order valence-electron chi connectivity index (χ4n) is 2.63. The molecular formula is C17H14IN5O2S. The van der Waals surface area contributed by atoms with Crippen molar-refractivity contribution in [2.45, 2.75) is 11.8 Å². The maximum Gasteiger partial charge on any atom is 0.269 e. The van der Waals surface area contributed by atoms with Gasteiger partial charge in [-0.05, 0) is 41.6 Å². The maximum atomic E-state index is 13.0. The molecule has 26 heavy (non-hydrogen) atoms. The van der Waals surface area contributed by atoms with Crippen LogP contribution in [0.1, 0.15) is 5.56 Å². The second-order valence-corrected chi connectivity index (χ2v) is 8.90. The van der Waals surface area contributed by atoms with Crippen LogP contribution in [0.5, 0.6) is 0 Å². The van der Waals surface area contributed by atoms with Crippen LogP contribution in [-0.2, 0) is 17.1 Å². The molecule has 1 aromatic carbocycles. The highest BCUT2D eigenvalue weighted by Crippen LogP contribution is 2.27. The van der Waals surface area contributed by atoms with E-state index in [1.807, 2.05) is 20.2 Å². The average Bonchev–Trinajstić information content (AvgIpc) is 3.19. The molecule has 0 aliphatic carbocycles. The third kappa shape index (κ3) is 2.80. The second-order valence-electron chi connectivity index (χ2n) is 5.92. The Kier molecular flexibility index (Phi) is 4.07. The molecule has 0 aliphatic rings. The van der Waals surface area contributed by atoms with E-state index in [1.54, 1.807) is 47.5 Å². The Morgan fingerprint density at radius 2 is 1.81 bits per heavy atom. The molecule has 0 N–H and O–H groups in total. The average molecular weight is 479 g/mol. The van der Waals surface area contributed by atoms with E-state index in [0.29, 0.717) is 20.4 Å². The Balaban J connectivity index is 1.88. The third-order valence-electron chi connectivity index (χ3n) is 4.00. The van der Waals surface area contributed by atoms with Crippen molar-refractivity contribution in [1.29, 1.82) is 0 Å². The number of nitrogens with zero attached hydrogens (tertiary/aromatic N) is 5. The van der Waals surface area contributed by atoms with Gasteiger partial charge in [-0.15, -0.1) is 0 Å². The van der Waals surface area contributed by atoms with E-state index < -0.39 is 10.0 Å². The predicted octanol–water partition coefficient (Wildman–Crippen LogP) is 2.98. The lowest BCUT2D eigenvalue weighted by atomic mass is 10.2. The van der Waals surface area contributed by atoms with Crippen molar-refractivity contribution in [3.05, 3.63) is 58.2 Å². The molecule has 0 radical (unpaired) electrons. The molecule has 0 aliphatic heterocycles. The zero-order valence-electron chi connectivity index (χ0n) is 14.0. The van der Waals surface area contributed by atoms with Gasteiger partial charge in [0.2, 0.25) is 0 Å². The molecule has 0 amide bonds. The highest BCUT2D eigenvalue weighted by molar-refractivity contribution is 14.1. The zero-order chi connectivity index (χ0) is 18.5. The summed E-state index contributed by atoms with van der Waals surface area (Å²) in [5.41, 5.74) is 3.32. The molecule has 4 aromatic rings. The molecule has 0 saturated heterocycles. The van der Waals surface area contributed by atoms with Crippen molar-refractivity contribution < 1.29 is 8.42 Å². The first kappa shape index (κ1) is 17.2. The van der Waals surface area contributed by atoms with Gasteiger partial charge in [0.1, 0.15) is 5.52 Å². The number of benzene rings is 1. The van der Waals surface area contributed by atoms with Crippen LogP contribution in [-0.4, -0.2) is 32.1 Å². The van der Waals surface area contributed by atoms with Gasteiger partial charge < -0.3 is 0 Å². The molecule has 3 heterocycles. The van der Waals surface area contributed by atoms with Crippen molar-refractivity contribution in [2.24, 2.45) is 7.05 Å². The van der Waals surface area contributed by atoms with Crippen LogP contribution in [0.3, 0.4) is 0 Å². The van der Waals surface area contributed by atoms with Gasteiger partial charge in [-0.25, -0.2) is 22.4 Å². The van der Waals surface area contributed by atoms with Crippen molar-refractivity contribution in [3.8, 4) is 11.3 Å². The Morgan fingerprint density at radius 3 is 2.46 bits per heavy atom. The molecule has 0 atom stereocenters. The van der Waals surface area contributed by atoms with Crippen molar-refractivity contribution in [1.82, 2.24) is 23.7 Å². The first-order chi connectivity index (χ1) is 12.4. The Morgan fingerprint density at radius 1 is 1.08 bits per heavy atom. The molecule has 0 unspecified atom stereocenters. The van der Waals surface area contributed by atoms with E-state index in [9.17, 15) is 8.42 Å². The Hall–Kier alpha value is -2.27. The molecule has 0 fully saturated rings. The van der Waals surface area contributed by atoms with Gasteiger partial charge in [-0.2, -0.15) is 5.10 Å². The summed E-state index contributed by atoms with van der Waals surface area (Å²) in [5.74, 6) is 0. The number of hydrogen-bond acceptors (Lipinski definition) is 5. The maximum absolute atomic E-state index is 13.0. The van der Waals surface area contributed by atoms with Crippen molar-refractivity contribution >= 4 is 43.8 Å². The van der Waals surface area contributed by atoms with E-state index in [1.165, 1.54) is 3.97 Å². The van der Waals surface area contributed by atoms with Crippen LogP contribution in [0.25, 0.3) is 22.4 Å². The largest absolute Gasteiger partial charge is 0.275 e. The topological polar surface area (TPSA) is 82.7 Å². The predicted molar refractivity (Wildman–Crippen MR) is 106 cm³/mol. The summed E-state index contributed by atoms with van der Waals surface area (Å²) in [6, 6.07) is 6.74. The van der Waals surface area contributed by atoms with E-state index in [2.05, 4.69) is 37.7 Å². The minimum absolute atomic E-state index is 0.217. The lowest BCUT2D eigenvalue weighted by Gasteiger charge is -2.07. The fourth-order valence-corrected chi connectivity index (χ4v) is 4.77. The van der Waals surface area contributed by atoms with Crippen molar-refractivity contribution in [2.75, 3.05) is 0 Å². The highest BCUT2D eigenvalue weighted by atomic mass is 127. The number of fused-ring (bicyclic) bond motifs is 1. The molecule has 9 heteroatoms. The van der Waals surface area contributed by atoms with Crippen LogP contribution in [0.2, 0.25) is 0 Å². The fraction of sp³-hybridized carbons (Fsp3) is 0.118. The molecule has 0 bridgehead atoms. The van der Waals surface area contributed by atoms with Crippen molar-refractivity contribution in [3.63, 3.8) is 0 Å². The number of aryl methyl sites for hydroxylation is 2. The molecule has 4 rings (SSSR count). The molecule has 7 nitrogen and oxygen atoms in total. The van der Waals surface area contributed by atoms with Gasteiger partial charge in [0.15, 0.2) is 5.65 Å². The smallest absolute Gasteiger partial charge is 0.269 e. The second kappa shape index (κ2) is 6.16. The quantitative estimate of drug-likeness (QED) is 0.422. The van der Waals surface area contributed by atoms with E-state index in [0.717, 1.165) is 11.1 Å². The standard InChI is InChI=1S/C17H14IN5O2S/c1-11-3-5-13(6-4-11)26(24,25)23-10-14(18)16-17(23)19-8-15(21-16)12-7-20-22(2)9-12/h3-10H,1-2H3. The third-order valence-corrected chi connectivity index (χ3v) is 6.45. The number of rotatable bonds is 3. The molecule has 0 spiro atoms. The Labute approximate surface area is 163 Å². The lowest BCUT2D eigenvalue weighted by Crippen LogP contribution is -2.12. The molecule has 0 saturated carbocycles. The van der Waals surface area contributed by atoms with Crippen LogP contribution in [0, 0.1) is 10.5 Å². The van der Waals surface area contributed by atoms with E-state index >= 15 is 0 Å². The van der Waals surface area contributed by atoms with Crippen LogP contribution in [0.15, 0.2) is 53.9 Å². The summed E-state index contributed by atoms with van der Waals surface area (Å²) in [7, 11) is -1.92. The van der Waals surface area contributed by atoms with Gasteiger partial charge in [0.05, 0.1) is 26.6 Å². The summed E-state index contributed by atoms with van der Waals surface area (Å²) < 4.78 is 29.6. The van der Waals surface area contributed by atoms with Gasteiger partial charge in [-0.3, -0.25) is 4.68 Å². The van der Waals surface area contributed by atoms with E-state index in [4.69, 9.17) is 0 Å². The minimum Gasteiger partial charge on any atom is -0.275 e. The highest BCUT2D eigenvalue weighted by Gasteiger charge is 2.22. The summed E-state index contributed by atoms with van der Waals surface area (Å²) in [4.78, 5) is 9.19. The summed E-state index contributed by atoms with van der Waals surface area (Å²) in [6.07, 6.45) is 6.65. The first-order valence-electron chi connectivity index (χ1n) is 7.71. The molecule has 132 valence electrons. The summed E-state index contributed by atoms with van der Waals surface area (Å²) in [6.45, 7) is 1.91. The Bertz CT molecular complexity index is 1230. The van der Waals surface area contributed by atoms with Gasteiger partial charge in [0, 0.05) is 25.0 Å². The number of halogens is 1. The lowest BCUT2D eigenvalue weighted by molar-refractivity contribution is 0.588. The van der Waals surface area contributed by atoms with Crippen LogP contribution < -0.4 is 0 Å². The summed E-state index contributed by atoms with van der Waals surface area (Å²) in [5, 5.41) is 4.13. The SMILES string of the molecule is Cc1ccc(S(=O)(=O)n2cc(I)c3nc(-c4cnn(C)c4)cnc32)cc1. The molecular weight excluding hydrogens is 465 g/mol.